The van der Waals surface area contributed by atoms with Crippen LogP contribution >= 0.6 is 11.6 Å². The lowest BCUT2D eigenvalue weighted by Crippen LogP contribution is -2.24. The topological polar surface area (TPSA) is 46.9 Å². The van der Waals surface area contributed by atoms with Crippen molar-refractivity contribution < 1.29 is 4.79 Å². The molecule has 1 amide bonds. The zero-order valence-corrected chi connectivity index (χ0v) is 12.7. The van der Waals surface area contributed by atoms with E-state index in [4.69, 9.17) is 11.6 Å². The number of amides is 1. The number of benzene rings is 1. The SMILES string of the molecule is CCn1cc(CNC(=O)C2CC2c2ccc(Cl)cc2)cn1. The van der Waals surface area contributed by atoms with Crippen LogP contribution in [0.15, 0.2) is 36.7 Å². The standard InChI is InChI=1S/C16H18ClN3O/c1-2-20-10-11(9-19-20)8-18-16(21)15-7-14(15)12-3-5-13(17)6-4-12/h3-6,9-10,14-15H,2,7-8H2,1H3,(H,18,21). The summed E-state index contributed by atoms with van der Waals surface area (Å²) in [6, 6.07) is 7.77. The summed E-state index contributed by atoms with van der Waals surface area (Å²) in [5.74, 6) is 0.548. The number of carbonyl (C=O) groups is 1. The Labute approximate surface area is 129 Å². The molecule has 1 aromatic carbocycles. The molecule has 2 atom stereocenters. The molecule has 0 spiro atoms. The van der Waals surface area contributed by atoms with E-state index in [-0.39, 0.29) is 11.8 Å². The fourth-order valence-corrected chi connectivity index (χ4v) is 2.68. The van der Waals surface area contributed by atoms with Crippen molar-refractivity contribution in [1.82, 2.24) is 15.1 Å². The number of nitrogens with zero attached hydrogens (tertiary/aromatic N) is 2. The van der Waals surface area contributed by atoms with Crippen molar-refractivity contribution in [3.05, 3.63) is 52.8 Å². The van der Waals surface area contributed by atoms with E-state index < -0.39 is 0 Å². The summed E-state index contributed by atoms with van der Waals surface area (Å²) >= 11 is 5.88. The molecule has 0 radical (unpaired) electrons. The van der Waals surface area contributed by atoms with Crippen molar-refractivity contribution in [3.63, 3.8) is 0 Å². The third-order valence-electron chi connectivity index (χ3n) is 3.90. The normalized spacial score (nSPS) is 20.3. The minimum absolute atomic E-state index is 0.0902. The third kappa shape index (κ3) is 3.27. The van der Waals surface area contributed by atoms with Crippen LogP contribution < -0.4 is 5.32 Å². The van der Waals surface area contributed by atoms with Crippen molar-refractivity contribution in [3.8, 4) is 0 Å². The van der Waals surface area contributed by atoms with Gasteiger partial charge in [0.1, 0.15) is 0 Å². The Morgan fingerprint density at radius 2 is 2.19 bits per heavy atom. The molecule has 1 aromatic heterocycles. The van der Waals surface area contributed by atoms with E-state index in [0.717, 1.165) is 23.6 Å². The summed E-state index contributed by atoms with van der Waals surface area (Å²) in [5, 5.41) is 7.92. The van der Waals surface area contributed by atoms with E-state index >= 15 is 0 Å². The molecule has 1 aliphatic carbocycles. The first-order chi connectivity index (χ1) is 10.2. The Kier molecular flexibility index (Phi) is 3.97. The molecule has 4 nitrogen and oxygen atoms in total. The second kappa shape index (κ2) is 5.90. The third-order valence-corrected chi connectivity index (χ3v) is 4.15. The second-order valence-corrected chi connectivity index (χ2v) is 5.86. The van der Waals surface area contributed by atoms with E-state index in [1.165, 1.54) is 5.56 Å². The molecule has 1 fully saturated rings. The maximum atomic E-state index is 12.1. The number of rotatable bonds is 5. The number of hydrogen-bond donors (Lipinski definition) is 1. The monoisotopic (exact) mass is 303 g/mol. The summed E-state index contributed by atoms with van der Waals surface area (Å²) in [6.07, 6.45) is 4.68. The molecular formula is C16H18ClN3O. The molecule has 1 saturated carbocycles. The highest BCUT2D eigenvalue weighted by Crippen LogP contribution is 2.47. The van der Waals surface area contributed by atoms with Gasteiger partial charge in [-0.25, -0.2) is 0 Å². The molecule has 1 N–H and O–H groups in total. The molecule has 21 heavy (non-hydrogen) atoms. The van der Waals surface area contributed by atoms with Crippen molar-refractivity contribution in [1.29, 1.82) is 0 Å². The van der Waals surface area contributed by atoms with Gasteiger partial charge in [-0.05, 0) is 37.0 Å². The maximum absolute atomic E-state index is 12.1. The molecule has 0 saturated heterocycles. The van der Waals surface area contributed by atoms with Crippen LogP contribution in [0.4, 0.5) is 0 Å². The number of carbonyl (C=O) groups excluding carboxylic acids is 1. The van der Waals surface area contributed by atoms with Crippen LogP contribution in [0.5, 0.6) is 0 Å². The lowest BCUT2D eigenvalue weighted by molar-refractivity contribution is -0.122. The van der Waals surface area contributed by atoms with Crippen molar-refractivity contribution in [2.45, 2.75) is 32.4 Å². The number of aromatic nitrogens is 2. The Balaban J connectivity index is 1.52. The lowest BCUT2D eigenvalue weighted by atomic mass is 10.1. The first-order valence-corrected chi connectivity index (χ1v) is 7.59. The molecule has 1 heterocycles. The van der Waals surface area contributed by atoms with Gasteiger partial charge in [0.2, 0.25) is 5.91 Å². The minimum atomic E-state index is 0.0902. The van der Waals surface area contributed by atoms with Gasteiger partial charge in [0.15, 0.2) is 0 Å². The van der Waals surface area contributed by atoms with Crippen LogP contribution in [-0.4, -0.2) is 15.7 Å². The summed E-state index contributed by atoms with van der Waals surface area (Å²) < 4.78 is 1.86. The number of hydrogen-bond acceptors (Lipinski definition) is 2. The molecule has 110 valence electrons. The molecule has 3 rings (SSSR count). The van der Waals surface area contributed by atoms with Crippen molar-refractivity contribution in [2.24, 2.45) is 5.92 Å². The van der Waals surface area contributed by atoms with E-state index in [9.17, 15) is 4.79 Å². The van der Waals surface area contributed by atoms with Crippen LogP contribution in [0.2, 0.25) is 5.02 Å². The predicted molar refractivity (Wildman–Crippen MR) is 82.0 cm³/mol. The number of nitrogens with one attached hydrogen (secondary N) is 1. The Morgan fingerprint density at radius 3 is 2.86 bits per heavy atom. The largest absolute Gasteiger partial charge is 0.352 e. The molecular weight excluding hydrogens is 286 g/mol. The van der Waals surface area contributed by atoms with Gasteiger partial charge in [-0.1, -0.05) is 23.7 Å². The molecule has 1 aliphatic rings. The molecule has 2 aromatic rings. The molecule has 0 aliphatic heterocycles. The van der Waals surface area contributed by atoms with Gasteiger partial charge < -0.3 is 5.32 Å². The average Bonchev–Trinajstić information content (AvgIpc) is 3.16. The van der Waals surface area contributed by atoms with Crippen LogP contribution in [0.1, 0.15) is 30.4 Å². The predicted octanol–water partition coefficient (Wildman–Crippen LogP) is 2.98. The zero-order valence-electron chi connectivity index (χ0n) is 11.9. The van der Waals surface area contributed by atoms with Gasteiger partial charge >= 0.3 is 0 Å². The first-order valence-electron chi connectivity index (χ1n) is 7.22. The Bertz CT molecular complexity index is 635. The van der Waals surface area contributed by atoms with Gasteiger partial charge in [0, 0.05) is 35.8 Å². The van der Waals surface area contributed by atoms with Crippen LogP contribution in [0.25, 0.3) is 0 Å². The fourth-order valence-electron chi connectivity index (χ4n) is 2.55. The summed E-state index contributed by atoms with van der Waals surface area (Å²) in [6.45, 7) is 3.42. The second-order valence-electron chi connectivity index (χ2n) is 5.42. The average molecular weight is 304 g/mol. The van der Waals surface area contributed by atoms with Gasteiger partial charge in [-0.15, -0.1) is 0 Å². The number of aryl methyl sites for hydroxylation is 1. The van der Waals surface area contributed by atoms with Crippen molar-refractivity contribution >= 4 is 17.5 Å². The fraction of sp³-hybridized carbons (Fsp3) is 0.375. The van der Waals surface area contributed by atoms with Crippen molar-refractivity contribution in [2.75, 3.05) is 0 Å². The maximum Gasteiger partial charge on any atom is 0.224 e. The smallest absolute Gasteiger partial charge is 0.224 e. The highest BCUT2D eigenvalue weighted by Gasteiger charge is 2.43. The van der Waals surface area contributed by atoms with E-state index in [0.29, 0.717) is 12.5 Å². The highest BCUT2D eigenvalue weighted by atomic mass is 35.5. The van der Waals surface area contributed by atoms with E-state index in [1.54, 1.807) is 6.20 Å². The van der Waals surface area contributed by atoms with Crippen LogP contribution in [0, 0.1) is 5.92 Å². The Morgan fingerprint density at radius 1 is 1.43 bits per heavy atom. The summed E-state index contributed by atoms with van der Waals surface area (Å²) in [7, 11) is 0. The minimum Gasteiger partial charge on any atom is -0.352 e. The summed E-state index contributed by atoms with van der Waals surface area (Å²) in [4.78, 5) is 12.1. The molecule has 2 unspecified atom stereocenters. The lowest BCUT2D eigenvalue weighted by Gasteiger charge is -2.03. The van der Waals surface area contributed by atoms with Gasteiger partial charge in [0.25, 0.3) is 0 Å². The van der Waals surface area contributed by atoms with E-state index in [2.05, 4.69) is 10.4 Å². The van der Waals surface area contributed by atoms with Crippen LogP contribution in [0.3, 0.4) is 0 Å². The summed E-state index contributed by atoms with van der Waals surface area (Å²) in [5.41, 5.74) is 2.23. The molecule has 0 bridgehead atoms. The van der Waals surface area contributed by atoms with E-state index in [1.807, 2.05) is 42.1 Å². The zero-order chi connectivity index (χ0) is 14.8. The van der Waals surface area contributed by atoms with Gasteiger partial charge in [-0.3, -0.25) is 9.48 Å². The Hall–Kier alpha value is -1.81. The number of halogens is 1. The first kappa shape index (κ1) is 14.1. The quantitative estimate of drug-likeness (QED) is 0.923. The van der Waals surface area contributed by atoms with Crippen LogP contribution in [-0.2, 0) is 17.9 Å². The van der Waals surface area contributed by atoms with Gasteiger partial charge in [0.05, 0.1) is 6.20 Å². The molecule has 5 heteroatoms. The van der Waals surface area contributed by atoms with Gasteiger partial charge in [-0.2, -0.15) is 5.10 Å². The highest BCUT2D eigenvalue weighted by molar-refractivity contribution is 6.30.